The van der Waals surface area contributed by atoms with Crippen LogP contribution in [-0.2, 0) is 0 Å². The molecule has 0 bridgehead atoms. The van der Waals surface area contributed by atoms with Gasteiger partial charge in [0.15, 0.2) is 0 Å². The Hall–Kier alpha value is -3.44. The van der Waals surface area contributed by atoms with Crippen molar-refractivity contribution in [2.75, 3.05) is 0 Å². The first-order valence-corrected chi connectivity index (χ1v) is 6.15. The van der Waals surface area contributed by atoms with Crippen molar-refractivity contribution in [1.29, 1.82) is 10.5 Å². The molecule has 3 rings (SSSR count). The van der Waals surface area contributed by atoms with Gasteiger partial charge in [-0.15, -0.1) is 10.2 Å². The first-order chi connectivity index (χ1) is 10.3. The molecule has 5 nitrogen and oxygen atoms in total. The van der Waals surface area contributed by atoms with E-state index in [2.05, 4.69) is 22.3 Å². The lowest BCUT2D eigenvalue weighted by molar-refractivity contribution is 0.584. The highest BCUT2D eigenvalue weighted by molar-refractivity contribution is 5.60. The minimum Gasteiger partial charge on any atom is -0.416 e. The van der Waals surface area contributed by atoms with E-state index in [9.17, 15) is 0 Å². The molecule has 0 fully saturated rings. The minimum absolute atomic E-state index is 0.337. The van der Waals surface area contributed by atoms with Gasteiger partial charge in [-0.3, -0.25) is 0 Å². The third kappa shape index (κ3) is 2.49. The Labute approximate surface area is 120 Å². The van der Waals surface area contributed by atoms with E-state index in [1.807, 2.05) is 0 Å². The molecule has 3 aromatic rings. The summed E-state index contributed by atoms with van der Waals surface area (Å²) in [5.74, 6) is 0.675. The normalized spacial score (nSPS) is 9.81. The number of aromatic nitrogens is 2. The molecule has 0 unspecified atom stereocenters. The summed E-state index contributed by atoms with van der Waals surface area (Å²) in [6, 6.07) is 18.0. The fourth-order valence-electron chi connectivity index (χ4n) is 1.90. The van der Waals surface area contributed by atoms with E-state index in [1.54, 1.807) is 48.5 Å². The maximum atomic E-state index is 8.90. The summed E-state index contributed by atoms with van der Waals surface area (Å²) in [5, 5.41) is 25.8. The van der Waals surface area contributed by atoms with E-state index in [0.29, 0.717) is 34.0 Å². The molecule has 0 aliphatic carbocycles. The number of rotatable bonds is 2. The molecule has 0 aliphatic rings. The topological polar surface area (TPSA) is 86.5 Å². The zero-order valence-electron chi connectivity index (χ0n) is 10.8. The third-order valence-electron chi connectivity index (χ3n) is 2.90. The Morgan fingerprint density at radius 2 is 1.24 bits per heavy atom. The lowest BCUT2D eigenvalue weighted by Gasteiger charge is -1.96. The highest BCUT2D eigenvalue weighted by Crippen LogP contribution is 2.24. The second-order valence-corrected chi connectivity index (χ2v) is 4.30. The molecule has 0 saturated heterocycles. The van der Waals surface area contributed by atoms with Crippen molar-refractivity contribution >= 4 is 0 Å². The van der Waals surface area contributed by atoms with Gasteiger partial charge in [-0.25, -0.2) is 0 Å². The minimum atomic E-state index is 0.337. The van der Waals surface area contributed by atoms with E-state index in [4.69, 9.17) is 14.9 Å². The first kappa shape index (κ1) is 12.6. The van der Waals surface area contributed by atoms with Crippen molar-refractivity contribution in [3.8, 4) is 35.0 Å². The Morgan fingerprint density at radius 3 is 1.67 bits per heavy atom. The zero-order chi connectivity index (χ0) is 14.7. The Kier molecular flexibility index (Phi) is 3.16. The van der Waals surface area contributed by atoms with Crippen molar-refractivity contribution in [3.63, 3.8) is 0 Å². The summed E-state index contributed by atoms with van der Waals surface area (Å²) in [6.07, 6.45) is 0. The highest BCUT2D eigenvalue weighted by Gasteiger charge is 2.11. The molecule has 5 heteroatoms. The second-order valence-electron chi connectivity index (χ2n) is 4.30. The number of benzene rings is 2. The largest absolute Gasteiger partial charge is 0.416 e. The zero-order valence-corrected chi connectivity index (χ0v) is 10.8. The van der Waals surface area contributed by atoms with Crippen molar-refractivity contribution in [2.24, 2.45) is 0 Å². The van der Waals surface area contributed by atoms with Crippen LogP contribution in [-0.4, -0.2) is 10.2 Å². The monoisotopic (exact) mass is 272 g/mol. The maximum Gasteiger partial charge on any atom is 0.248 e. The van der Waals surface area contributed by atoms with Gasteiger partial charge in [-0.1, -0.05) is 12.1 Å². The molecule has 0 spiro atoms. The molecule has 0 amide bonds. The van der Waals surface area contributed by atoms with Crippen LogP contribution in [0.1, 0.15) is 11.1 Å². The van der Waals surface area contributed by atoms with Gasteiger partial charge < -0.3 is 4.42 Å². The lowest BCUT2D eigenvalue weighted by atomic mass is 10.1. The molecule has 0 aliphatic heterocycles. The summed E-state index contributed by atoms with van der Waals surface area (Å²) >= 11 is 0. The molecule has 0 N–H and O–H groups in total. The number of hydrogen-bond acceptors (Lipinski definition) is 5. The van der Waals surface area contributed by atoms with Gasteiger partial charge in [0.05, 0.1) is 23.3 Å². The van der Waals surface area contributed by atoms with Gasteiger partial charge in [0.1, 0.15) is 0 Å². The summed E-state index contributed by atoms with van der Waals surface area (Å²) < 4.78 is 5.61. The third-order valence-corrected chi connectivity index (χ3v) is 2.90. The fourth-order valence-corrected chi connectivity index (χ4v) is 1.90. The summed E-state index contributed by atoms with van der Waals surface area (Å²) in [4.78, 5) is 0. The van der Waals surface area contributed by atoms with Gasteiger partial charge in [-0.2, -0.15) is 10.5 Å². The predicted octanol–water partition coefficient (Wildman–Crippen LogP) is 3.15. The van der Waals surface area contributed by atoms with Crippen molar-refractivity contribution in [1.82, 2.24) is 10.2 Å². The molecule has 2 aromatic carbocycles. The van der Waals surface area contributed by atoms with Gasteiger partial charge in [0.2, 0.25) is 11.8 Å². The quantitative estimate of drug-likeness (QED) is 0.715. The first-order valence-electron chi connectivity index (χ1n) is 6.15. The molecule has 1 heterocycles. The van der Waals surface area contributed by atoms with Crippen LogP contribution in [0, 0.1) is 22.7 Å². The average molecular weight is 272 g/mol. The van der Waals surface area contributed by atoms with E-state index in [0.717, 1.165) is 0 Å². The number of hydrogen-bond donors (Lipinski definition) is 0. The van der Waals surface area contributed by atoms with Gasteiger partial charge >= 0.3 is 0 Å². The maximum absolute atomic E-state index is 8.90. The number of nitrogens with zero attached hydrogens (tertiary/aromatic N) is 4. The van der Waals surface area contributed by atoms with Gasteiger partial charge in [0, 0.05) is 11.1 Å². The Bertz CT molecular complexity index is 812. The van der Waals surface area contributed by atoms with Gasteiger partial charge in [0.25, 0.3) is 0 Å². The molecular weight excluding hydrogens is 264 g/mol. The number of nitriles is 2. The van der Waals surface area contributed by atoms with Crippen molar-refractivity contribution < 1.29 is 4.42 Å². The highest BCUT2D eigenvalue weighted by atomic mass is 16.4. The smallest absolute Gasteiger partial charge is 0.248 e. The molecule has 0 atom stereocenters. The van der Waals surface area contributed by atoms with Crippen LogP contribution >= 0.6 is 0 Å². The molecule has 0 saturated carbocycles. The average Bonchev–Trinajstić information content (AvgIpc) is 3.05. The van der Waals surface area contributed by atoms with Crippen molar-refractivity contribution in [3.05, 3.63) is 59.7 Å². The van der Waals surface area contributed by atoms with E-state index in [1.165, 1.54) is 0 Å². The van der Waals surface area contributed by atoms with Crippen LogP contribution in [0.3, 0.4) is 0 Å². The summed E-state index contributed by atoms with van der Waals surface area (Å²) in [6.45, 7) is 0. The predicted molar refractivity (Wildman–Crippen MR) is 74.6 cm³/mol. The van der Waals surface area contributed by atoms with Crippen LogP contribution in [0.2, 0.25) is 0 Å². The van der Waals surface area contributed by atoms with Crippen LogP contribution in [0.4, 0.5) is 0 Å². The molecule has 98 valence electrons. The van der Waals surface area contributed by atoms with Crippen molar-refractivity contribution in [2.45, 2.75) is 0 Å². The Morgan fingerprint density at radius 1 is 0.762 bits per heavy atom. The van der Waals surface area contributed by atoms with E-state index >= 15 is 0 Å². The SMILES string of the molecule is N#Cc1cccc(-c2nnc(-c3cccc(C#N)c3)o2)c1. The summed E-state index contributed by atoms with van der Waals surface area (Å²) in [5.41, 5.74) is 2.42. The fraction of sp³-hybridized carbons (Fsp3) is 0. The van der Waals surface area contributed by atoms with Crippen LogP contribution in [0.15, 0.2) is 52.9 Å². The molecule has 0 radical (unpaired) electrons. The molecular formula is C16H8N4O. The van der Waals surface area contributed by atoms with Crippen LogP contribution < -0.4 is 0 Å². The van der Waals surface area contributed by atoms with E-state index < -0.39 is 0 Å². The van der Waals surface area contributed by atoms with Gasteiger partial charge in [-0.05, 0) is 36.4 Å². The molecule has 21 heavy (non-hydrogen) atoms. The van der Waals surface area contributed by atoms with Crippen LogP contribution in [0.5, 0.6) is 0 Å². The van der Waals surface area contributed by atoms with E-state index in [-0.39, 0.29) is 0 Å². The molecule has 1 aromatic heterocycles. The van der Waals surface area contributed by atoms with Crippen LogP contribution in [0.25, 0.3) is 22.9 Å². The summed E-state index contributed by atoms with van der Waals surface area (Å²) in [7, 11) is 0. The second kappa shape index (κ2) is 5.28. The lowest BCUT2D eigenvalue weighted by Crippen LogP contribution is -1.80. The Balaban J connectivity index is 2.00. The standard InChI is InChI=1S/C16H8N4O/c17-9-11-3-1-5-13(7-11)15-19-20-16(21-15)14-6-2-4-12(8-14)10-18/h1-8H.